The Bertz CT molecular complexity index is 469. The van der Waals surface area contributed by atoms with E-state index in [2.05, 4.69) is 76.8 Å². The van der Waals surface area contributed by atoms with E-state index in [1.165, 1.54) is 15.0 Å². The first-order chi connectivity index (χ1) is 9.16. The standard InChI is InChI=1S/C17H21O.2ClH.Ti/c1-14(2)18-17(16-10-4-3-5-11-16)13-12-15-8-6-7-9-15;;;/h3-6,8,10-11,14,17H,7,12-13H2,1-2H3;2*1H;/q;;;+2/p-2. The molecule has 1 aromatic carbocycles. The fourth-order valence-corrected chi connectivity index (χ4v) is 2.89. The van der Waals surface area contributed by atoms with Crippen LogP contribution in [0.1, 0.15) is 44.8 Å². The number of hydrogen-bond donors (Lipinski definition) is 0. The van der Waals surface area contributed by atoms with Crippen molar-refractivity contribution in [2.24, 2.45) is 0 Å². The molecule has 21 heavy (non-hydrogen) atoms. The third-order valence-corrected chi connectivity index (χ3v) is 4.13. The predicted molar refractivity (Wildman–Crippen MR) is 75.4 cm³/mol. The predicted octanol–water partition coefficient (Wildman–Crippen LogP) is -1.30. The molecular formula is C17H21Cl2OTi. The summed E-state index contributed by atoms with van der Waals surface area (Å²) in [6.45, 7) is 4.21. The van der Waals surface area contributed by atoms with E-state index < -0.39 is 0 Å². The second-order valence-electron chi connectivity index (χ2n) is 5.23. The smallest absolute Gasteiger partial charge is 1.00 e. The summed E-state index contributed by atoms with van der Waals surface area (Å²) < 4.78 is 7.60. The van der Waals surface area contributed by atoms with Gasteiger partial charge in [-0.15, -0.1) is 0 Å². The van der Waals surface area contributed by atoms with Crippen molar-refractivity contribution in [1.29, 1.82) is 0 Å². The SMILES string of the molecule is CC(C)OC(CCC1=[C]([Ti+2])CC=C1)c1ccccc1.[Cl-].[Cl-]. The van der Waals surface area contributed by atoms with Crippen molar-refractivity contribution < 1.29 is 50.0 Å². The van der Waals surface area contributed by atoms with Crippen molar-refractivity contribution >= 4 is 0 Å². The third-order valence-electron chi connectivity index (χ3n) is 3.31. The van der Waals surface area contributed by atoms with E-state index in [4.69, 9.17) is 4.74 Å². The summed E-state index contributed by atoms with van der Waals surface area (Å²) in [5, 5.41) is 0. The molecule has 0 radical (unpaired) electrons. The number of halogens is 2. The first-order valence-electron chi connectivity index (χ1n) is 6.97. The van der Waals surface area contributed by atoms with Crippen molar-refractivity contribution in [3.05, 3.63) is 57.5 Å². The van der Waals surface area contributed by atoms with Crippen molar-refractivity contribution in [2.45, 2.75) is 45.3 Å². The van der Waals surface area contributed by atoms with Gasteiger partial charge in [-0.2, -0.15) is 0 Å². The monoisotopic (exact) mass is 359 g/mol. The summed E-state index contributed by atoms with van der Waals surface area (Å²) in [5.41, 5.74) is 2.78. The van der Waals surface area contributed by atoms with Gasteiger partial charge in [0.05, 0.1) is 0 Å². The number of rotatable bonds is 6. The molecular weight excluding hydrogens is 339 g/mol. The number of allylic oxidation sites excluding steroid dienone is 4. The molecule has 0 aromatic heterocycles. The molecule has 0 saturated carbocycles. The summed E-state index contributed by atoms with van der Waals surface area (Å²) in [5.74, 6) is 0. The second kappa shape index (κ2) is 10.6. The number of ether oxygens (including phenoxy) is 1. The van der Waals surface area contributed by atoms with Gasteiger partial charge in [-0.1, -0.05) is 0 Å². The molecule has 1 aliphatic carbocycles. The van der Waals surface area contributed by atoms with Gasteiger partial charge in [0.2, 0.25) is 0 Å². The van der Waals surface area contributed by atoms with Gasteiger partial charge in [-0.3, -0.25) is 0 Å². The average Bonchev–Trinajstić information content (AvgIpc) is 2.81. The van der Waals surface area contributed by atoms with E-state index in [1.807, 2.05) is 0 Å². The van der Waals surface area contributed by atoms with Crippen LogP contribution in [0.4, 0.5) is 0 Å². The van der Waals surface area contributed by atoms with E-state index in [0.717, 1.165) is 19.3 Å². The zero-order valence-electron chi connectivity index (χ0n) is 12.5. The van der Waals surface area contributed by atoms with Gasteiger partial charge in [0.1, 0.15) is 0 Å². The summed E-state index contributed by atoms with van der Waals surface area (Å²) in [4.78, 5) is 0. The number of benzene rings is 1. The molecule has 0 amide bonds. The van der Waals surface area contributed by atoms with Crippen LogP contribution in [0.3, 0.4) is 0 Å². The Kier molecular flexibility index (Phi) is 10.6. The van der Waals surface area contributed by atoms with Crippen LogP contribution in [0.25, 0.3) is 0 Å². The molecule has 4 heteroatoms. The van der Waals surface area contributed by atoms with E-state index >= 15 is 0 Å². The molecule has 1 unspecified atom stereocenters. The molecule has 0 aliphatic heterocycles. The Morgan fingerprint density at radius 1 is 1.14 bits per heavy atom. The molecule has 1 aromatic rings. The van der Waals surface area contributed by atoms with E-state index in [-0.39, 0.29) is 37.0 Å². The average molecular weight is 360 g/mol. The van der Waals surface area contributed by atoms with Gasteiger partial charge in [0, 0.05) is 0 Å². The second-order valence-corrected chi connectivity index (χ2v) is 6.18. The molecule has 0 fully saturated rings. The Labute approximate surface area is 152 Å². The van der Waals surface area contributed by atoms with Gasteiger partial charge < -0.3 is 24.8 Å². The van der Waals surface area contributed by atoms with Gasteiger partial charge in [0.15, 0.2) is 0 Å². The van der Waals surface area contributed by atoms with Crippen molar-refractivity contribution in [3.8, 4) is 0 Å². The quantitative estimate of drug-likeness (QED) is 0.574. The molecule has 0 heterocycles. The Morgan fingerprint density at radius 3 is 2.33 bits per heavy atom. The van der Waals surface area contributed by atoms with Crippen LogP contribution in [-0.2, 0) is 25.2 Å². The largest absolute Gasteiger partial charge is 1.00 e. The number of hydrogen-bond acceptors (Lipinski definition) is 1. The minimum Gasteiger partial charge on any atom is -1.00 e. The molecule has 0 spiro atoms. The zero-order valence-corrected chi connectivity index (χ0v) is 15.6. The first-order valence-corrected chi connectivity index (χ1v) is 7.75. The Morgan fingerprint density at radius 2 is 1.81 bits per heavy atom. The van der Waals surface area contributed by atoms with Gasteiger partial charge >= 0.3 is 128 Å². The fourth-order valence-electron chi connectivity index (χ4n) is 2.38. The van der Waals surface area contributed by atoms with Crippen LogP contribution in [0, 0.1) is 0 Å². The van der Waals surface area contributed by atoms with E-state index in [0.29, 0.717) is 0 Å². The molecule has 0 bridgehead atoms. The summed E-state index contributed by atoms with van der Waals surface area (Å²) in [6.07, 6.45) is 8.28. The first kappa shape index (κ1) is 21.0. The molecule has 1 aliphatic rings. The molecule has 0 N–H and O–H groups in total. The summed E-state index contributed by atoms with van der Waals surface area (Å²) >= 11 is 2.23. The molecule has 113 valence electrons. The van der Waals surface area contributed by atoms with E-state index in [1.54, 1.807) is 0 Å². The van der Waals surface area contributed by atoms with Crippen molar-refractivity contribution in [2.75, 3.05) is 0 Å². The maximum Gasteiger partial charge on any atom is -1.00 e. The van der Waals surface area contributed by atoms with Crippen LogP contribution in [0.5, 0.6) is 0 Å². The third kappa shape index (κ3) is 6.71. The fraction of sp³-hybridized carbons (Fsp3) is 0.412. The van der Waals surface area contributed by atoms with Crippen LogP contribution in [0.2, 0.25) is 0 Å². The molecule has 2 rings (SSSR count). The molecule has 1 nitrogen and oxygen atoms in total. The van der Waals surface area contributed by atoms with E-state index in [9.17, 15) is 0 Å². The summed E-state index contributed by atoms with van der Waals surface area (Å²) in [6, 6.07) is 10.6. The van der Waals surface area contributed by atoms with Gasteiger partial charge in [-0.25, -0.2) is 0 Å². The van der Waals surface area contributed by atoms with Crippen molar-refractivity contribution in [3.63, 3.8) is 0 Å². The summed E-state index contributed by atoms with van der Waals surface area (Å²) in [7, 11) is 0. The Balaban J connectivity index is 0.00000200. The van der Waals surface area contributed by atoms with Crippen LogP contribution >= 0.6 is 0 Å². The molecule has 1 atom stereocenters. The normalized spacial score (nSPS) is 14.9. The minimum atomic E-state index is 0. The van der Waals surface area contributed by atoms with Gasteiger partial charge in [0.25, 0.3) is 0 Å². The zero-order chi connectivity index (χ0) is 13.7. The maximum absolute atomic E-state index is 6.08. The topological polar surface area (TPSA) is 9.23 Å². The minimum absolute atomic E-state index is 0. The van der Waals surface area contributed by atoms with Crippen LogP contribution in [-0.4, -0.2) is 6.10 Å². The van der Waals surface area contributed by atoms with Gasteiger partial charge in [-0.05, 0) is 0 Å². The maximum atomic E-state index is 6.08. The molecule has 0 saturated heterocycles. The Hall–Kier alpha value is -0.0457. The van der Waals surface area contributed by atoms with Crippen LogP contribution < -0.4 is 24.8 Å². The van der Waals surface area contributed by atoms with Crippen LogP contribution in [0.15, 0.2) is 51.9 Å². The van der Waals surface area contributed by atoms with Crippen molar-refractivity contribution in [1.82, 2.24) is 0 Å².